The fourth-order valence-corrected chi connectivity index (χ4v) is 3.37. The summed E-state index contributed by atoms with van der Waals surface area (Å²) in [6, 6.07) is 0. The second kappa shape index (κ2) is 7.75. The van der Waals surface area contributed by atoms with E-state index in [1.54, 1.807) is 0 Å². The third-order valence-corrected chi connectivity index (χ3v) is 4.84. The lowest BCUT2D eigenvalue weighted by molar-refractivity contribution is -0.0504. The van der Waals surface area contributed by atoms with Crippen molar-refractivity contribution in [2.24, 2.45) is 0 Å². The van der Waals surface area contributed by atoms with Gasteiger partial charge in [-0.25, -0.2) is 9.18 Å². The number of aliphatic hydroxyl groups excluding tert-OH is 4. The highest BCUT2D eigenvalue weighted by Gasteiger charge is 2.48. The highest BCUT2D eigenvalue weighted by Crippen LogP contribution is 2.35. The Morgan fingerprint density at radius 2 is 1.81 bits per heavy atom. The molecule has 0 saturated carbocycles. The number of nitrogens with one attached hydrogen (secondary N) is 1. The van der Waals surface area contributed by atoms with Crippen LogP contribution < -0.4 is 11.2 Å². The zero-order valence-electron chi connectivity index (χ0n) is 14.3. The molecule has 1 aromatic heterocycles. The Balaban J connectivity index is 2.01. The van der Waals surface area contributed by atoms with Crippen LogP contribution in [0.3, 0.4) is 0 Å². The molecule has 2 saturated heterocycles. The number of rotatable bonds is 5. The Morgan fingerprint density at radius 3 is 2.37 bits per heavy atom. The quantitative estimate of drug-likeness (QED) is 0.350. The van der Waals surface area contributed by atoms with Gasteiger partial charge in [0, 0.05) is 13.3 Å². The normalized spacial score (nSPS) is 39.2. The highest BCUT2D eigenvalue weighted by molar-refractivity contribution is 5.15. The first-order chi connectivity index (χ1) is 12.8. The first-order valence-corrected chi connectivity index (χ1v) is 8.25. The Labute approximate surface area is 151 Å². The van der Waals surface area contributed by atoms with Crippen LogP contribution in [0.25, 0.3) is 0 Å². The van der Waals surface area contributed by atoms with E-state index >= 15 is 0 Å². The van der Waals surface area contributed by atoms with Gasteiger partial charge < -0.3 is 34.6 Å². The molecule has 0 radical (unpaired) electrons. The molecule has 152 valence electrons. The number of nitrogens with zero attached hydrogens (tertiary/aromatic N) is 1. The summed E-state index contributed by atoms with van der Waals surface area (Å²) in [5.41, 5.74) is -2.00. The third-order valence-electron chi connectivity index (χ3n) is 4.84. The molecular weight excluding hydrogens is 371 g/mol. The Bertz CT molecular complexity index is 783. The zero-order chi connectivity index (χ0) is 19.9. The second-order valence-corrected chi connectivity index (χ2v) is 6.40. The van der Waals surface area contributed by atoms with Gasteiger partial charge in [0.15, 0.2) is 12.4 Å². The smallest absolute Gasteiger partial charge is 0.330 e. The predicted octanol–water partition coefficient (Wildman–Crippen LogP) is -3.07. The minimum atomic E-state index is -2.03. The lowest BCUT2D eigenvalue weighted by Crippen LogP contribution is -2.39. The van der Waals surface area contributed by atoms with Crippen molar-refractivity contribution >= 4 is 0 Å². The molecule has 3 rings (SSSR count). The summed E-state index contributed by atoms with van der Waals surface area (Å²) in [6.07, 6.45) is -9.92. The van der Waals surface area contributed by atoms with Crippen molar-refractivity contribution in [1.29, 1.82) is 0 Å². The van der Waals surface area contributed by atoms with Crippen LogP contribution in [-0.4, -0.2) is 87.0 Å². The van der Waals surface area contributed by atoms with Crippen molar-refractivity contribution in [1.82, 2.24) is 9.55 Å². The van der Waals surface area contributed by atoms with Gasteiger partial charge in [-0.2, -0.15) is 0 Å². The lowest BCUT2D eigenvalue weighted by Gasteiger charge is -2.21. The van der Waals surface area contributed by atoms with Gasteiger partial charge in [0.1, 0.15) is 36.6 Å². The van der Waals surface area contributed by atoms with Crippen LogP contribution in [-0.2, 0) is 14.2 Å². The van der Waals surface area contributed by atoms with E-state index in [0.29, 0.717) is 0 Å². The molecule has 8 atom stereocenters. The molecule has 2 aliphatic rings. The van der Waals surface area contributed by atoms with Gasteiger partial charge in [-0.15, -0.1) is 0 Å². The van der Waals surface area contributed by atoms with Crippen LogP contribution in [0.1, 0.15) is 17.9 Å². The molecule has 11 nitrogen and oxygen atoms in total. The molecule has 2 fully saturated rings. The Hall–Kier alpha value is -1.67. The summed E-state index contributed by atoms with van der Waals surface area (Å²) in [4.78, 5) is 26.4. The number of aromatic amines is 1. The first kappa shape index (κ1) is 20.1. The molecule has 0 aliphatic carbocycles. The molecule has 2 unspecified atom stereocenters. The van der Waals surface area contributed by atoms with Crippen molar-refractivity contribution in [2.45, 2.75) is 49.0 Å². The van der Waals surface area contributed by atoms with E-state index in [4.69, 9.17) is 19.3 Å². The van der Waals surface area contributed by atoms with Crippen molar-refractivity contribution in [3.05, 3.63) is 32.6 Å². The molecule has 0 amide bonds. The summed E-state index contributed by atoms with van der Waals surface area (Å²) in [6.45, 7) is -1.19. The van der Waals surface area contributed by atoms with E-state index in [1.807, 2.05) is 4.98 Å². The van der Waals surface area contributed by atoms with Crippen LogP contribution in [0.4, 0.5) is 4.39 Å². The molecule has 0 aromatic carbocycles. The van der Waals surface area contributed by atoms with E-state index in [-0.39, 0.29) is 5.56 Å². The lowest BCUT2D eigenvalue weighted by atomic mass is 10.0. The van der Waals surface area contributed by atoms with Gasteiger partial charge in [-0.05, 0) is 0 Å². The fourth-order valence-electron chi connectivity index (χ4n) is 3.37. The van der Waals surface area contributed by atoms with Gasteiger partial charge in [0.05, 0.1) is 18.8 Å². The Morgan fingerprint density at radius 1 is 1.19 bits per heavy atom. The van der Waals surface area contributed by atoms with Gasteiger partial charge in [-0.1, -0.05) is 0 Å². The monoisotopic (exact) mass is 392 g/mol. The molecular formula is C15H21FN2O9. The van der Waals surface area contributed by atoms with E-state index in [2.05, 4.69) is 0 Å². The average Bonchev–Trinajstić information content (AvgIpc) is 3.12. The van der Waals surface area contributed by atoms with Crippen LogP contribution in [0.5, 0.6) is 0 Å². The third kappa shape index (κ3) is 3.33. The van der Waals surface area contributed by atoms with E-state index in [1.165, 1.54) is 7.11 Å². The SMILES string of the molecule is CO[C@@H]1C(c2cn([C@@H]3O[C@H](CO)[C@@H](O)C3F)c(=O)[nH]c2=O)O[C@H](CO)[C@H]1O. The fraction of sp³-hybridized carbons (Fsp3) is 0.733. The molecule has 1 aromatic rings. The summed E-state index contributed by atoms with van der Waals surface area (Å²) in [5.74, 6) is 0. The van der Waals surface area contributed by atoms with E-state index in [9.17, 15) is 29.3 Å². The van der Waals surface area contributed by atoms with Crippen LogP contribution in [0, 0.1) is 0 Å². The highest BCUT2D eigenvalue weighted by atomic mass is 19.1. The molecule has 5 N–H and O–H groups in total. The second-order valence-electron chi connectivity index (χ2n) is 6.40. The van der Waals surface area contributed by atoms with Crippen molar-refractivity contribution in [2.75, 3.05) is 20.3 Å². The molecule has 0 spiro atoms. The number of halogens is 1. The zero-order valence-corrected chi connectivity index (χ0v) is 14.3. The van der Waals surface area contributed by atoms with Crippen molar-refractivity contribution in [3.8, 4) is 0 Å². The van der Waals surface area contributed by atoms with Gasteiger partial charge in [-0.3, -0.25) is 14.3 Å². The van der Waals surface area contributed by atoms with Crippen LogP contribution >= 0.6 is 0 Å². The number of methoxy groups -OCH3 is 1. The molecule has 0 bridgehead atoms. The number of ether oxygens (including phenoxy) is 3. The Kier molecular flexibility index (Phi) is 5.76. The maximum atomic E-state index is 14.3. The van der Waals surface area contributed by atoms with Crippen molar-refractivity contribution in [3.63, 3.8) is 0 Å². The van der Waals surface area contributed by atoms with Gasteiger partial charge >= 0.3 is 5.69 Å². The minimum Gasteiger partial charge on any atom is -0.394 e. The summed E-state index contributed by atoms with van der Waals surface area (Å²) in [7, 11) is 1.27. The van der Waals surface area contributed by atoms with Crippen LogP contribution in [0.2, 0.25) is 0 Å². The maximum absolute atomic E-state index is 14.3. The van der Waals surface area contributed by atoms with E-state index in [0.717, 1.165) is 10.8 Å². The number of hydrogen-bond acceptors (Lipinski definition) is 9. The minimum absolute atomic E-state index is 0.158. The molecule has 12 heteroatoms. The maximum Gasteiger partial charge on any atom is 0.330 e. The van der Waals surface area contributed by atoms with Crippen LogP contribution in [0.15, 0.2) is 15.8 Å². The largest absolute Gasteiger partial charge is 0.394 e. The average molecular weight is 392 g/mol. The summed E-state index contributed by atoms with van der Waals surface area (Å²) < 4.78 is 30.9. The number of alkyl halides is 1. The topological polar surface area (TPSA) is 163 Å². The van der Waals surface area contributed by atoms with Crippen molar-refractivity contribution < 1.29 is 39.0 Å². The number of hydrogen-bond donors (Lipinski definition) is 5. The van der Waals surface area contributed by atoms with Gasteiger partial charge in [0.25, 0.3) is 5.56 Å². The number of aliphatic hydroxyl groups is 4. The first-order valence-electron chi connectivity index (χ1n) is 8.25. The molecule has 2 aliphatic heterocycles. The standard InChI is InChI=1S/C15H21FN2O9/c1-25-12-10(22)7(4-20)26-11(12)5-2-18(15(24)17-13(5)23)14-8(16)9(21)6(3-19)27-14/h2,6-12,14,19-22H,3-4H2,1H3,(H,17,23,24)/t6-,7-,8?,9-,10-,11?,12+,14-/m1/s1. The predicted molar refractivity (Wildman–Crippen MR) is 84.7 cm³/mol. The molecule has 27 heavy (non-hydrogen) atoms. The van der Waals surface area contributed by atoms with E-state index < -0.39 is 73.5 Å². The number of H-pyrrole nitrogens is 1. The molecule has 3 heterocycles. The van der Waals surface area contributed by atoms with Gasteiger partial charge in [0.2, 0.25) is 0 Å². The number of aromatic nitrogens is 2. The summed E-state index contributed by atoms with van der Waals surface area (Å²) in [5, 5.41) is 38.3. The summed E-state index contributed by atoms with van der Waals surface area (Å²) >= 11 is 0.